The largest absolute Gasteiger partial charge is 0.503 e. The van der Waals surface area contributed by atoms with Gasteiger partial charge in [0.05, 0.1) is 6.54 Å². The van der Waals surface area contributed by atoms with Crippen molar-refractivity contribution in [3.8, 4) is 5.75 Å². The van der Waals surface area contributed by atoms with Crippen molar-refractivity contribution in [2.24, 2.45) is 5.73 Å². The maximum atomic E-state index is 12.6. The number of aromatic hydroxyl groups is 1. The lowest BCUT2D eigenvalue weighted by molar-refractivity contribution is 0.0998. The fraction of sp³-hybridized carbons (Fsp3) is 0.0625. The minimum Gasteiger partial charge on any atom is -0.503 e. The van der Waals surface area contributed by atoms with E-state index in [1.165, 1.54) is 21.4 Å². The molecule has 2 heterocycles. The van der Waals surface area contributed by atoms with Crippen LogP contribution in [0.5, 0.6) is 5.75 Å². The lowest BCUT2D eigenvalue weighted by atomic mass is 10.2. The van der Waals surface area contributed by atoms with Crippen LogP contribution in [-0.2, 0) is 6.54 Å². The third-order valence-corrected chi connectivity index (χ3v) is 3.82. The van der Waals surface area contributed by atoms with Gasteiger partial charge in [-0.1, -0.05) is 23.7 Å². The first-order chi connectivity index (χ1) is 11.4. The molecular formula is C16H12ClN3O4. The molecule has 2 aromatic heterocycles. The maximum absolute atomic E-state index is 12.6. The molecule has 0 aliphatic carbocycles. The molecule has 7 nitrogen and oxygen atoms in total. The van der Waals surface area contributed by atoms with Crippen LogP contribution >= 0.6 is 11.6 Å². The highest BCUT2D eigenvalue weighted by Gasteiger charge is 2.17. The molecular weight excluding hydrogens is 334 g/mol. The van der Waals surface area contributed by atoms with Crippen molar-refractivity contribution in [2.45, 2.75) is 6.54 Å². The number of amides is 1. The summed E-state index contributed by atoms with van der Waals surface area (Å²) in [4.78, 5) is 35.8. The van der Waals surface area contributed by atoms with E-state index in [4.69, 9.17) is 17.3 Å². The normalized spacial score (nSPS) is 10.9. The lowest BCUT2D eigenvalue weighted by Crippen LogP contribution is -2.28. The van der Waals surface area contributed by atoms with Crippen LogP contribution in [-0.4, -0.2) is 20.0 Å². The first-order valence-electron chi connectivity index (χ1n) is 6.90. The smallest absolute Gasteiger partial charge is 0.279 e. The highest BCUT2D eigenvalue weighted by Crippen LogP contribution is 2.13. The van der Waals surface area contributed by atoms with E-state index >= 15 is 0 Å². The number of primary amides is 1. The van der Waals surface area contributed by atoms with Crippen molar-refractivity contribution in [1.82, 2.24) is 8.97 Å². The van der Waals surface area contributed by atoms with E-state index in [1.807, 2.05) is 0 Å². The van der Waals surface area contributed by atoms with Gasteiger partial charge >= 0.3 is 0 Å². The van der Waals surface area contributed by atoms with Gasteiger partial charge in [-0.25, -0.2) is 0 Å². The third-order valence-electron chi connectivity index (χ3n) is 3.59. The van der Waals surface area contributed by atoms with E-state index < -0.39 is 28.2 Å². The zero-order chi connectivity index (χ0) is 17.4. The number of benzene rings is 1. The minimum absolute atomic E-state index is 0.209. The monoisotopic (exact) mass is 345 g/mol. The molecule has 1 amide bonds. The molecule has 24 heavy (non-hydrogen) atoms. The second kappa shape index (κ2) is 5.86. The molecule has 8 heteroatoms. The van der Waals surface area contributed by atoms with E-state index in [-0.39, 0.29) is 12.1 Å². The van der Waals surface area contributed by atoms with E-state index in [0.717, 1.165) is 11.8 Å². The topological polar surface area (TPSA) is 107 Å². The second-order valence-corrected chi connectivity index (χ2v) is 5.64. The molecule has 0 radical (unpaired) electrons. The molecule has 0 aliphatic rings. The molecule has 0 spiro atoms. The van der Waals surface area contributed by atoms with Gasteiger partial charge in [0.25, 0.3) is 11.5 Å². The first-order valence-corrected chi connectivity index (χ1v) is 7.28. The summed E-state index contributed by atoms with van der Waals surface area (Å²) in [6.07, 6.45) is 4.06. The summed E-state index contributed by atoms with van der Waals surface area (Å²) >= 11 is 5.92. The number of fused-ring (bicyclic) bond motifs is 1. The zero-order valence-corrected chi connectivity index (χ0v) is 13.0. The van der Waals surface area contributed by atoms with Crippen LogP contribution in [0, 0.1) is 0 Å². The summed E-state index contributed by atoms with van der Waals surface area (Å²) in [5, 5.41) is 10.6. The number of nitrogens with two attached hydrogens (primary N) is 1. The van der Waals surface area contributed by atoms with Crippen LogP contribution < -0.4 is 16.7 Å². The van der Waals surface area contributed by atoms with Gasteiger partial charge in [0.2, 0.25) is 5.43 Å². The zero-order valence-electron chi connectivity index (χ0n) is 12.3. The Kier molecular flexibility index (Phi) is 3.86. The summed E-state index contributed by atoms with van der Waals surface area (Å²) in [7, 11) is 0. The molecule has 1 aromatic carbocycles. The number of hydrogen-bond acceptors (Lipinski definition) is 4. The Labute approximate surface area is 140 Å². The number of pyridine rings is 1. The van der Waals surface area contributed by atoms with Crippen LogP contribution in [0.15, 0.2) is 52.4 Å². The van der Waals surface area contributed by atoms with E-state index in [9.17, 15) is 19.5 Å². The number of halogens is 1. The average molecular weight is 346 g/mol. The number of hydrogen-bond donors (Lipinski definition) is 2. The van der Waals surface area contributed by atoms with Crippen molar-refractivity contribution < 1.29 is 9.90 Å². The van der Waals surface area contributed by atoms with Gasteiger partial charge in [-0.3, -0.25) is 14.4 Å². The van der Waals surface area contributed by atoms with Crippen LogP contribution in [0.4, 0.5) is 0 Å². The Bertz CT molecular complexity index is 1080. The molecule has 0 saturated heterocycles. The maximum Gasteiger partial charge on any atom is 0.279 e. The Morgan fingerprint density at radius 1 is 1.25 bits per heavy atom. The van der Waals surface area contributed by atoms with Crippen LogP contribution in [0.1, 0.15) is 15.9 Å². The second-order valence-electron chi connectivity index (χ2n) is 5.20. The van der Waals surface area contributed by atoms with Gasteiger partial charge in [-0.2, -0.15) is 0 Å². The van der Waals surface area contributed by atoms with E-state index in [0.29, 0.717) is 5.02 Å². The van der Waals surface area contributed by atoms with Gasteiger partial charge in [0.1, 0.15) is 5.56 Å². The van der Waals surface area contributed by atoms with Crippen molar-refractivity contribution in [1.29, 1.82) is 0 Å². The quantitative estimate of drug-likeness (QED) is 0.737. The van der Waals surface area contributed by atoms with Gasteiger partial charge in [0, 0.05) is 23.6 Å². The van der Waals surface area contributed by atoms with Gasteiger partial charge < -0.3 is 19.8 Å². The standard InChI is InChI=1S/C16H12ClN3O4/c17-10-3-1-2-9(6-10)7-20-5-4-19-8-11(15(18)23)13(21)14(22)12(19)16(20)24/h1-6,8,22H,7H2,(H2,18,23). The molecule has 0 aliphatic heterocycles. The van der Waals surface area contributed by atoms with E-state index in [2.05, 4.69) is 0 Å². The highest BCUT2D eigenvalue weighted by molar-refractivity contribution is 6.30. The van der Waals surface area contributed by atoms with Crippen molar-refractivity contribution in [3.05, 3.63) is 79.6 Å². The number of carbonyl (C=O) groups excluding carboxylic acids is 1. The van der Waals surface area contributed by atoms with Gasteiger partial charge in [-0.15, -0.1) is 0 Å². The number of rotatable bonds is 3. The Balaban J connectivity index is 2.20. The number of nitrogens with zero attached hydrogens (tertiary/aromatic N) is 2. The molecule has 0 unspecified atom stereocenters. The third kappa shape index (κ3) is 2.65. The molecule has 3 N–H and O–H groups in total. The summed E-state index contributed by atoms with van der Waals surface area (Å²) in [5.41, 5.74) is 3.71. The number of aromatic nitrogens is 2. The molecule has 122 valence electrons. The molecule has 0 atom stereocenters. The van der Waals surface area contributed by atoms with Crippen LogP contribution in [0.25, 0.3) is 5.52 Å². The van der Waals surface area contributed by atoms with Gasteiger partial charge in [-0.05, 0) is 17.7 Å². The first kappa shape index (κ1) is 15.8. The fourth-order valence-corrected chi connectivity index (χ4v) is 2.65. The van der Waals surface area contributed by atoms with Crippen molar-refractivity contribution >= 4 is 23.0 Å². The predicted octanol–water partition coefficient (Wildman–Crippen LogP) is 0.967. The molecule has 0 bridgehead atoms. The molecule has 3 aromatic rings. The predicted molar refractivity (Wildman–Crippen MR) is 88.7 cm³/mol. The Hall–Kier alpha value is -3.06. The summed E-state index contributed by atoms with van der Waals surface area (Å²) in [6, 6.07) is 6.97. The fourth-order valence-electron chi connectivity index (χ4n) is 2.44. The summed E-state index contributed by atoms with van der Waals surface area (Å²) < 4.78 is 2.53. The van der Waals surface area contributed by atoms with Crippen molar-refractivity contribution in [2.75, 3.05) is 0 Å². The molecule has 0 fully saturated rings. The van der Waals surface area contributed by atoms with Crippen LogP contribution in [0.2, 0.25) is 5.02 Å². The minimum atomic E-state index is -0.979. The van der Waals surface area contributed by atoms with Gasteiger partial charge in [0.15, 0.2) is 11.3 Å². The SMILES string of the molecule is NC(=O)c1cn2ccn(Cc3cccc(Cl)c3)c(=O)c2c(O)c1=O. The Morgan fingerprint density at radius 2 is 2.00 bits per heavy atom. The summed E-state index contributed by atoms with van der Waals surface area (Å²) in [6.45, 7) is 0.209. The Morgan fingerprint density at radius 3 is 2.67 bits per heavy atom. The highest BCUT2D eigenvalue weighted by atomic mass is 35.5. The summed E-state index contributed by atoms with van der Waals surface area (Å²) in [5.74, 6) is -1.79. The van der Waals surface area contributed by atoms with Crippen LogP contribution in [0.3, 0.4) is 0 Å². The van der Waals surface area contributed by atoms with E-state index in [1.54, 1.807) is 24.3 Å². The molecule has 3 rings (SSSR count). The number of carbonyl (C=O) groups is 1. The molecule has 0 saturated carbocycles. The average Bonchev–Trinajstić information content (AvgIpc) is 2.53. The lowest BCUT2D eigenvalue weighted by Gasteiger charge is -2.10. The van der Waals surface area contributed by atoms with Crippen molar-refractivity contribution in [3.63, 3.8) is 0 Å².